The summed E-state index contributed by atoms with van der Waals surface area (Å²) in [7, 11) is 1.32. The normalized spacial score (nSPS) is 11.6. The highest BCUT2D eigenvalue weighted by atomic mass is 35.5. The quantitative estimate of drug-likeness (QED) is 0.784. The van der Waals surface area contributed by atoms with Crippen molar-refractivity contribution in [2.24, 2.45) is 0 Å². The summed E-state index contributed by atoms with van der Waals surface area (Å²) >= 11 is 6.07. The number of carbonyl (C=O) groups excluding carboxylic acids is 1. The van der Waals surface area contributed by atoms with Crippen molar-refractivity contribution >= 4 is 17.6 Å². The first-order chi connectivity index (χ1) is 10.5. The molecule has 0 fully saturated rings. The average Bonchev–Trinajstić information content (AvgIpc) is 2.51. The second-order valence-electron chi connectivity index (χ2n) is 4.66. The number of hydrogen-bond acceptors (Lipinski definition) is 5. The highest BCUT2D eigenvalue weighted by molar-refractivity contribution is 6.31. The lowest BCUT2D eigenvalue weighted by molar-refractivity contribution is -0.147. The molecule has 0 saturated carbocycles. The molecule has 1 aromatic heterocycles. The molecule has 6 heteroatoms. The van der Waals surface area contributed by atoms with E-state index in [4.69, 9.17) is 21.1 Å². The molecular formula is C16H16ClNO4. The van der Waals surface area contributed by atoms with Crippen LogP contribution in [-0.2, 0) is 9.53 Å². The number of esters is 1. The van der Waals surface area contributed by atoms with E-state index < -0.39 is 12.1 Å². The Morgan fingerprint density at radius 3 is 2.45 bits per heavy atom. The van der Waals surface area contributed by atoms with Crippen LogP contribution in [-0.4, -0.2) is 24.2 Å². The number of aromatic nitrogens is 1. The highest BCUT2D eigenvalue weighted by Gasteiger charge is 2.14. The number of rotatable bonds is 5. The molecule has 2 aromatic rings. The zero-order valence-corrected chi connectivity index (χ0v) is 13.3. The molecule has 116 valence electrons. The molecule has 0 spiro atoms. The van der Waals surface area contributed by atoms with Gasteiger partial charge in [-0.3, -0.25) is 0 Å². The van der Waals surface area contributed by atoms with E-state index in [9.17, 15) is 4.79 Å². The van der Waals surface area contributed by atoms with Crippen molar-refractivity contribution in [1.82, 2.24) is 4.98 Å². The Morgan fingerprint density at radius 2 is 1.86 bits per heavy atom. The third-order valence-electron chi connectivity index (χ3n) is 2.83. The molecule has 22 heavy (non-hydrogen) atoms. The monoisotopic (exact) mass is 321 g/mol. The van der Waals surface area contributed by atoms with Gasteiger partial charge in [0, 0.05) is 6.20 Å². The fourth-order valence-electron chi connectivity index (χ4n) is 1.71. The van der Waals surface area contributed by atoms with Crippen molar-refractivity contribution in [2.75, 3.05) is 7.11 Å². The molecule has 0 unspecified atom stereocenters. The van der Waals surface area contributed by atoms with Crippen LogP contribution in [0.15, 0.2) is 36.5 Å². The topological polar surface area (TPSA) is 57.7 Å². The first-order valence-electron chi connectivity index (χ1n) is 6.64. The summed E-state index contributed by atoms with van der Waals surface area (Å²) in [6, 6.07) is 8.57. The summed E-state index contributed by atoms with van der Waals surface area (Å²) in [6.45, 7) is 3.52. The van der Waals surface area contributed by atoms with Crippen molar-refractivity contribution in [3.05, 3.63) is 47.1 Å². The Labute approximate surface area is 133 Å². The molecule has 0 radical (unpaired) electrons. The van der Waals surface area contributed by atoms with E-state index in [1.165, 1.54) is 7.11 Å². The van der Waals surface area contributed by atoms with E-state index in [-0.39, 0.29) is 0 Å². The molecule has 5 nitrogen and oxygen atoms in total. The molecule has 0 bridgehead atoms. The summed E-state index contributed by atoms with van der Waals surface area (Å²) in [5, 5.41) is 0.444. The Hall–Kier alpha value is -2.27. The second kappa shape index (κ2) is 7.13. The fourth-order valence-corrected chi connectivity index (χ4v) is 1.97. The van der Waals surface area contributed by atoms with Crippen LogP contribution in [0.25, 0.3) is 0 Å². The molecule has 1 aromatic carbocycles. The molecular weight excluding hydrogens is 306 g/mol. The Bertz CT molecular complexity index is 658. The van der Waals surface area contributed by atoms with Gasteiger partial charge in [-0.2, -0.15) is 0 Å². The number of carbonyl (C=O) groups is 1. The van der Waals surface area contributed by atoms with Crippen LogP contribution in [0.1, 0.15) is 12.5 Å². The number of nitrogens with zero attached hydrogens (tertiary/aromatic N) is 1. The first-order valence-corrected chi connectivity index (χ1v) is 7.02. The van der Waals surface area contributed by atoms with Crippen molar-refractivity contribution in [3.8, 4) is 17.4 Å². The van der Waals surface area contributed by atoms with E-state index in [1.54, 1.807) is 43.5 Å². The maximum absolute atomic E-state index is 11.3. The minimum Gasteiger partial charge on any atom is -0.479 e. The number of ether oxygens (including phenoxy) is 3. The third-order valence-corrected chi connectivity index (χ3v) is 3.10. The number of hydrogen-bond donors (Lipinski definition) is 0. The lowest BCUT2D eigenvalue weighted by Crippen LogP contribution is -2.24. The Kier molecular flexibility index (Phi) is 5.22. The molecule has 2 rings (SSSR count). The van der Waals surface area contributed by atoms with Crippen LogP contribution in [0.5, 0.6) is 17.4 Å². The van der Waals surface area contributed by atoms with Crippen LogP contribution in [0.2, 0.25) is 5.02 Å². The second-order valence-corrected chi connectivity index (χ2v) is 5.06. The number of aryl methyl sites for hydroxylation is 1. The van der Waals surface area contributed by atoms with E-state index in [1.807, 2.05) is 6.92 Å². The largest absolute Gasteiger partial charge is 0.479 e. The van der Waals surface area contributed by atoms with Gasteiger partial charge in [0.15, 0.2) is 6.10 Å². The van der Waals surface area contributed by atoms with Crippen molar-refractivity contribution in [3.63, 3.8) is 0 Å². The minimum atomic E-state index is -0.676. The van der Waals surface area contributed by atoms with E-state index in [2.05, 4.69) is 9.72 Å². The SMILES string of the molecule is COC(=O)[C@@H](C)Oc1ccc(Oc2ncc(C)cc2Cl)cc1. The molecule has 0 aliphatic rings. The summed E-state index contributed by atoms with van der Waals surface area (Å²) in [5.74, 6) is 1.00. The smallest absolute Gasteiger partial charge is 0.346 e. The highest BCUT2D eigenvalue weighted by Crippen LogP contribution is 2.28. The van der Waals surface area contributed by atoms with Gasteiger partial charge in [-0.15, -0.1) is 0 Å². The van der Waals surface area contributed by atoms with Gasteiger partial charge < -0.3 is 14.2 Å². The molecule has 0 amide bonds. The molecule has 1 heterocycles. The molecule has 1 atom stereocenters. The standard InChI is InChI=1S/C16H16ClNO4/c1-10-8-14(17)15(18-9-10)22-13-6-4-12(5-7-13)21-11(2)16(19)20-3/h4-9,11H,1-3H3/t11-/m1/s1. The molecule has 0 saturated heterocycles. The average molecular weight is 322 g/mol. The van der Waals surface area contributed by atoms with Crippen LogP contribution in [0.3, 0.4) is 0 Å². The molecule has 0 aliphatic heterocycles. The first kappa shape index (κ1) is 16.1. The maximum atomic E-state index is 11.3. The van der Waals surface area contributed by atoms with Crippen LogP contribution in [0.4, 0.5) is 0 Å². The van der Waals surface area contributed by atoms with Crippen molar-refractivity contribution in [1.29, 1.82) is 0 Å². The van der Waals surface area contributed by atoms with Gasteiger partial charge in [-0.25, -0.2) is 9.78 Å². The Morgan fingerprint density at radius 1 is 1.23 bits per heavy atom. The lowest BCUT2D eigenvalue weighted by Gasteiger charge is -2.13. The van der Waals surface area contributed by atoms with Crippen LogP contribution >= 0.6 is 11.6 Å². The van der Waals surface area contributed by atoms with E-state index in [0.29, 0.717) is 22.4 Å². The third kappa shape index (κ3) is 4.11. The predicted molar refractivity (Wildman–Crippen MR) is 82.6 cm³/mol. The van der Waals surface area contributed by atoms with Gasteiger partial charge >= 0.3 is 5.97 Å². The van der Waals surface area contributed by atoms with Gasteiger partial charge in [0.2, 0.25) is 5.88 Å². The Balaban J connectivity index is 2.04. The number of pyridine rings is 1. The number of methoxy groups -OCH3 is 1. The lowest BCUT2D eigenvalue weighted by atomic mass is 10.3. The van der Waals surface area contributed by atoms with Gasteiger partial charge in [0.1, 0.15) is 16.5 Å². The summed E-state index contributed by atoms with van der Waals surface area (Å²) in [5.41, 5.74) is 0.956. The van der Waals surface area contributed by atoms with Crippen molar-refractivity contribution in [2.45, 2.75) is 20.0 Å². The summed E-state index contributed by atoms with van der Waals surface area (Å²) < 4.78 is 15.6. The maximum Gasteiger partial charge on any atom is 0.346 e. The molecule has 0 N–H and O–H groups in total. The van der Waals surface area contributed by atoms with Crippen LogP contribution < -0.4 is 9.47 Å². The van der Waals surface area contributed by atoms with Gasteiger partial charge in [-0.05, 0) is 49.7 Å². The number of halogens is 1. The van der Waals surface area contributed by atoms with Crippen LogP contribution in [0, 0.1) is 6.92 Å². The van der Waals surface area contributed by atoms with Crippen molar-refractivity contribution < 1.29 is 19.0 Å². The zero-order chi connectivity index (χ0) is 16.1. The van der Waals surface area contributed by atoms with E-state index in [0.717, 1.165) is 5.56 Å². The summed E-state index contributed by atoms with van der Waals surface area (Å²) in [6.07, 6.45) is 1.00. The van der Waals surface area contributed by atoms with Gasteiger partial charge in [0.25, 0.3) is 0 Å². The number of benzene rings is 1. The summed E-state index contributed by atoms with van der Waals surface area (Å²) in [4.78, 5) is 15.4. The van der Waals surface area contributed by atoms with E-state index >= 15 is 0 Å². The van der Waals surface area contributed by atoms with Gasteiger partial charge in [-0.1, -0.05) is 11.6 Å². The minimum absolute atomic E-state index is 0.337. The molecule has 0 aliphatic carbocycles. The van der Waals surface area contributed by atoms with Gasteiger partial charge in [0.05, 0.1) is 7.11 Å². The zero-order valence-electron chi connectivity index (χ0n) is 12.5. The predicted octanol–water partition coefficient (Wildman–Crippen LogP) is 3.78. The fraction of sp³-hybridized carbons (Fsp3) is 0.250.